The second-order valence-electron chi connectivity index (χ2n) is 6.57. The SMILES string of the molecule is CC(c1ccccc1)N1CCN(C(=O)c2cccc(C(F)(F)F)c2Cl)CC1=O. The summed E-state index contributed by atoms with van der Waals surface area (Å²) in [5.41, 5.74) is -0.354. The van der Waals surface area contributed by atoms with E-state index in [9.17, 15) is 22.8 Å². The molecule has 0 bridgehead atoms. The van der Waals surface area contributed by atoms with Crippen LogP contribution in [0.5, 0.6) is 0 Å². The molecular weight excluding hydrogens is 393 g/mol. The fourth-order valence-corrected chi connectivity index (χ4v) is 3.58. The maximum absolute atomic E-state index is 13.0. The van der Waals surface area contributed by atoms with Gasteiger partial charge in [-0.2, -0.15) is 13.2 Å². The third-order valence-corrected chi connectivity index (χ3v) is 5.24. The van der Waals surface area contributed by atoms with Crippen molar-refractivity contribution in [3.05, 3.63) is 70.2 Å². The van der Waals surface area contributed by atoms with Crippen LogP contribution in [-0.2, 0) is 11.0 Å². The summed E-state index contributed by atoms with van der Waals surface area (Å²) in [5, 5.41) is -0.646. The molecule has 0 saturated carbocycles. The van der Waals surface area contributed by atoms with Crippen LogP contribution in [0.2, 0.25) is 5.02 Å². The van der Waals surface area contributed by atoms with E-state index in [0.29, 0.717) is 0 Å². The fourth-order valence-electron chi connectivity index (χ4n) is 3.27. The van der Waals surface area contributed by atoms with E-state index in [4.69, 9.17) is 11.6 Å². The van der Waals surface area contributed by atoms with Crippen LogP contribution in [0.4, 0.5) is 13.2 Å². The largest absolute Gasteiger partial charge is 0.417 e. The number of benzene rings is 2. The highest BCUT2D eigenvalue weighted by molar-refractivity contribution is 6.34. The zero-order valence-electron chi connectivity index (χ0n) is 15.0. The summed E-state index contributed by atoms with van der Waals surface area (Å²) < 4.78 is 39.1. The number of carbonyl (C=O) groups is 2. The Hall–Kier alpha value is -2.54. The van der Waals surface area contributed by atoms with Crippen LogP contribution >= 0.6 is 11.6 Å². The third kappa shape index (κ3) is 3.99. The van der Waals surface area contributed by atoms with Crippen molar-refractivity contribution < 1.29 is 22.8 Å². The van der Waals surface area contributed by atoms with Crippen LogP contribution in [0.15, 0.2) is 48.5 Å². The Bertz CT molecular complexity index is 887. The van der Waals surface area contributed by atoms with Gasteiger partial charge in [0.05, 0.1) is 22.2 Å². The summed E-state index contributed by atoms with van der Waals surface area (Å²) in [6.07, 6.45) is -4.66. The highest BCUT2D eigenvalue weighted by atomic mass is 35.5. The Kier molecular flexibility index (Phi) is 5.65. The van der Waals surface area contributed by atoms with Gasteiger partial charge in [0, 0.05) is 13.1 Å². The molecule has 2 aromatic carbocycles. The van der Waals surface area contributed by atoms with Crippen LogP contribution in [0.25, 0.3) is 0 Å². The molecule has 4 nitrogen and oxygen atoms in total. The van der Waals surface area contributed by atoms with Crippen LogP contribution < -0.4 is 0 Å². The Balaban J connectivity index is 1.76. The summed E-state index contributed by atoms with van der Waals surface area (Å²) in [4.78, 5) is 28.2. The highest BCUT2D eigenvalue weighted by Crippen LogP contribution is 2.36. The molecule has 148 valence electrons. The predicted molar refractivity (Wildman–Crippen MR) is 98.9 cm³/mol. The van der Waals surface area contributed by atoms with Crippen molar-refractivity contribution in [2.45, 2.75) is 19.1 Å². The molecular formula is C20H18ClF3N2O2. The molecule has 1 aliphatic heterocycles. The van der Waals surface area contributed by atoms with Gasteiger partial charge in [0.2, 0.25) is 5.91 Å². The van der Waals surface area contributed by atoms with E-state index in [2.05, 4.69) is 0 Å². The number of amides is 2. The van der Waals surface area contributed by atoms with Gasteiger partial charge in [-0.3, -0.25) is 9.59 Å². The van der Waals surface area contributed by atoms with E-state index in [-0.39, 0.29) is 37.1 Å². The van der Waals surface area contributed by atoms with Crippen LogP contribution in [0.1, 0.15) is 34.5 Å². The molecule has 1 saturated heterocycles. The first-order chi connectivity index (χ1) is 13.2. The van der Waals surface area contributed by atoms with Crippen LogP contribution in [0, 0.1) is 0 Å². The van der Waals surface area contributed by atoms with Crippen molar-refractivity contribution in [2.24, 2.45) is 0 Å². The lowest BCUT2D eigenvalue weighted by Crippen LogP contribution is -2.52. The maximum atomic E-state index is 13.0. The average Bonchev–Trinajstić information content (AvgIpc) is 2.67. The van der Waals surface area contributed by atoms with Gasteiger partial charge in [-0.15, -0.1) is 0 Å². The Labute approximate surface area is 165 Å². The van der Waals surface area contributed by atoms with Gasteiger partial charge < -0.3 is 9.80 Å². The minimum atomic E-state index is -4.66. The third-order valence-electron chi connectivity index (χ3n) is 4.83. The second kappa shape index (κ2) is 7.83. The lowest BCUT2D eigenvalue weighted by molar-refractivity contribution is -0.138. The van der Waals surface area contributed by atoms with Crippen LogP contribution in [-0.4, -0.2) is 41.2 Å². The normalized spacial score (nSPS) is 16.2. The van der Waals surface area contributed by atoms with E-state index in [1.165, 1.54) is 11.0 Å². The maximum Gasteiger partial charge on any atom is 0.417 e. The quantitative estimate of drug-likeness (QED) is 0.752. The number of halogens is 4. The molecule has 0 spiro atoms. The van der Waals surface area contributed by atoms with Gasteiger partial charge in [-0.05, 0) is 24.6 Å². The van der Waals surface area contributed by atoms with Crippen molar-refractivity contribution >= 4 is 23.4 Å². The Morgan fingerprint density at radius 3 is 2.36 bits per heavy atom. The average molecular weight is 411 g/mol. The molecule has 2 amide bonds. The molecule has 0 aliphatic carbocycles. The molecule has 0 radical (unpaired) electrons. The van der Waals surface area contributed by atoms with E-state index >= 15 is 0 Å². The van der Waals surface area contributed by atoms with Crippen molar-refractivity contribution in [3.8, 4) is 0 Å². The second-order valence-corrected chi connectivity index (χ2v) is 6.94. The van der Waals surface area contributed by atoms with Crippen molar-refractivity contribution in [3.63, 3.8) is 0 Å². The topological polar surface area (TPSA) is 40.6 Å². The van der Waals surface area contributed by atoms with E-state index in [1.54, 1.807) is 4.90 Å². The smallest absolute Gasteiger partial charge is 0.333 e. The zero-order valence-corrected chi connectivity index (χ0v) is 15.8. The molecule has 1 unspecified atom stereocenters. The molecule has 2 aromatic rings. The highest BCUT2D eigenvalue weighted by Gasteiger charge is 2.36. The first-order valence-corrected chi connectivity index (χ1v) is 9.07. The first-order valence-electron chi connectivity index (χ1n) is 8.69. The molecule has 1 fully saturated rings. The Morgan fingerprint density at radius 1 is 1.07 bits per heavy atom. The summed E-state index contributed by atoms with van der Waals surface area (Å²) >= 11 is 5.84. The molecule has 1 aliphatic rings. The first kappa shape index (κ1) is 20.2. The predicted octanol–water partition coefficient (Wildman–Crippen LogP) is 4.40. The van der Waals surface area contributed by atoms with Crippen LogP contribution in [0.3, 0.4) is 0 Å². The van der Waals surface area contributed by atoms with Crippen molar-refractivity contribution in [1.82, 2.24) is 9.80 Å². The molecule has 8 heteroatoms. The minimum Gasteiger partial charge on any atom is -0.333 e. The molecule has 0 aromatic heterocycles. The number of piperazine rings is 1. The molecule has 3 rings (SSSR count). The summed E-state index contributed by atoms with van der Waals surface area (Å²) in [5.74, 6) is -0.949. The van der Waals surface area contributed by atoms with E-state index in [0.717, 1.165) is 17.7 Å². The number of carbonyl (C=O) groups excluding carboxylic acids is 2. The van der Waals surface area contributed by atoms with Gasteiger partial charge >= 0.3 is 6.18 Å². The lowest BCUT2D eigenvalue weighted by Gasteiger charge is -2.38. The lowest BCUT2D eigenvalue weighted by atomic mass is 10.1. The summed E-state index contributed by atoms with van der Waals surface area (Å²) in [7, 11) is 0. The number of alkyl halides is 3. The number of hydrogen-bond donors (Lipinski definition) is 0. The Morgan fingerprint density at radius 2 is 1.75 bits per heavy atom. The summed E-state index contributed by atoms with van der Waals surface area (Å²) in [6, 6.07) is 12.5. The number of hydrogen-bond acceptors (Lipinski definition) is 2. The van der Waals surface area contributed by atoms with Gasteiger partial charge in [0.15, 0.2) is 0 Å². The molecule has 1 atom stereocenters. The van der Waals surface area contributed by atoms with Gasteiger partial charge in [0.1, 0.15) is 6.54 Å². The van der Waals surface area contributed by atoms with Gasteiger partial charge in [-0.25, -0.2) is 0 Å². The molecule has 0 N–H and O–H groups in total. The van der Waals surface area contributed by atoms with Gasteiger partial charge in [0.25, 0.3) is 5.91 Å². The fraction of sp³-hybridized carbons (Fsp3) is 0.300. The summed E-state index contributed by atoms with van der Waals surface area (Å²) in [6.45, 7) is 2.20. The number of rotatable bonds is 3. The van der Waals surface area contributed by atoms with Crippen molar-refractivity contribution in [1.29, 1.82) is 0 Å². The van der Waals surface area contributed by atoms with E-state index < -0.39 is 22.7 Å². The van der Waals surface area contributed by atoms with E-state index in [1.807, 2.05) is 37.3 Å². The standard InChI is InChI=1S/C20H18ClF3N2O2/c1-13(14-6-3-2-4-7-14)26-11-10-25(12-17(26)27)19(28)15-8-5-9-16(18(15)21)20(22,23)24/h2-9,13H,10-12H2,1H3. The monoisotopic (exact) mass is 410 g/mol. The zero-order chi connectivity index (χ0) is 20.5. The molecule has 1 heterocycles. The van der Waals surface area contributed by atoms with Gasteiger partial charge in [-0.1, -0.05) is 48.0 Å². The number of nitrogens with zero attached hydrogens (tertiary/aromatic N) is 2. The van der Waals surface area contributed by atoms with Crippen molar-refractivity contribution in [2.75, 3.05) is 19.6 Å². The minimum absolute atomic E-state index is 0.164. The molecule has 28 heavy (non-hydrogen) atoms.